The molecule has 144 valence electrons. The molecule has 6 heteroatoms. The molecule has 1 unspecified atom stereocenters. The van der Waals surface area contributed by atoms with Gasteiger partial charge in [-0.3, -0.25) is 0 Å². The number of aromatic nitrogens is 1. The molecule has 1 aromatic heterocycles. The fourth-order valence-corrected chi connectivity index (χ4v) is 4.42. The van der Waals surface area contributed by atoms with Crippen molar-refractivity contribution in [2.24, 2.45) is 0 Å². The highest BCUT2D eigenvalue weighted by Crippen LogP contribution is 2.32. The lowest BCUT2D eigenvalue weighted by molar-refractivity contribution is 0.240. The van der Waals surface area contributed by atoms with Crippen LogP contribution >= 0.6 is 11.3 Å². The smallest absolute Gasteiger partial charge is 0.319 e. The van der Waals surface area contributed by atoms with Crippen molar-refractivity contribution in [3.8, 4) is 17.3 Å². The number of urea groups is 1. The number of hydrogen-bond donors (Lipinski definition) is 2. The summed E-state index contributed by atoms with van der Waals surface area (Å²) in [5.41, 5.74) is 6.66. The summed E-state index contributed by atoms with van der Waals surface area (Å²) in [7, 11) is 0. The first-order valence-electron chi connectivity index (χ1n) is 9.34. The molecule has 29 heavy (non-hydrogen) atoms. The lowest BCUT2D eigenvalue weighted by atomic mass is 9.96. The van der Waals surface area contributed by atoms with Gasteiger partial charge in [-0.1, -0.05) is 42.0 Å². The van der Waals surface area contributed by atoms with Crippen LogP contribution in [0.1, 0.15) is 28.6 Å². The number of hydrogen-bond acceptors (Lipinski definition) is 4. The van der Waals surface area contributed by atoms with Gasteiger partial charge in [0.25, 0.3) is 0 Å². The van der Waals surface area contributed by atoms with Crippen molar-refractivity contribution < 1.29 is 4.79 Å². The van der Waals surface area contributed by atoms with Crippen LogP contribution in [0.4, 0.5) is 4.79 Å². The molecule has 0 fully saturated rings. The quantitative estimate of drug-likeness (QED) is 0.669. The number of rotatable bonds is 4. The van der Waals surface area contributed by atoms with Gasteiger partial charge in [0.15, 0.2) is 0 Å². The van der Waals surface area contributed by atoms with E-state index in [1.54, 1.807) is 23.5 Å². The first-order valence-corrected chi connectivity index (χ1v) is 10.2. The molecular weight excluding hydrogens is 380 g/mol. The van der Waals surface area contributed by atoms with Gasteiger partial charge in [0.1, 0.15) is 5.01 Å². The number of aryl methyl sites for hydroxylation is 1. The Kier molecular flexibility index (Phi) is 5.15. The van der Waals surface area contributed by atoms with Gasteiger partial charge in [-0.05, 0) is 38.0 Å². The number of allylic oxidation sites excluding steroid dienone is 1. The molecule has 1 aliphatic heterocycles. The average molecular weight is 401 g/mol. The van der Waals surface area contributed by atoms with E-state index in [0.717, 1.165) is 33.1 Å². The third-order valence-electron chi connectivity index (χ3n) is 4.96. The molecule has 0 spiro atoms. The Morgan fingerprint density at radius 1 is 1.10 bits per heavy atom. The lowest BCUT2D eigenvalue weighted by Gasteiger charge is -2.28. The van der Waals surface area contributed by atoms with Crippen LogP contribution in [0.5, 0.6) is 0 Å². The molecule has 2 amide bonds. The van der Waals surface area contributed by atoms with E-state index in [2.05, 4.69) is 47.9 Å². The zero-order chi connectivity index (χ0) is 20.4. The number of carbonyl (C=O) groups is 1. The highest BCUT2D eigenvalue weighted by Gasteiger charge is 2.28. The minimum Gasteiger partial charge on any atom is -0.331 e. The van der Waals surface area contributed by atoms with Crippen molar-refractivity contribution in [2.75, 3.05) is 0 Å². The van der Waals surface area contributed by atoms with Gasteiger partial charge in [-0.25, -0.2) is 9.78 Å². The summed E-state index contributed by atoms with van der Waals surface area (Å²) in [6.45, 7) is 3.98. The highest BCUT2D eigenvalue weighted by molar-refractivity contribution is 7.11. The van der Waals surface area contributed by atoms with Crippen LogP contribution in [-0.2, 0) is 6.42 Å². The van der Waals surface area contributed by atoms with Crippen LogP contribution in [0.25, 0.3) is 16.8 Å². The van der Waals surface area contributed by atoms with E-state index in [4.69, 9.17) is 10.2 Å². The molecule has 0 radical (unpaired) electrons. The molecule has 4 rings (SSSR count). The van der Waals surface area contributed by atoms with Gasteiger partial charge < -0.3 is 10.6 Å². The Morgan fingerprint density at radius 3 is 2.52 bits per heavy atom. The number of nitriles is 1. The van der Waals surface area contributed by atoms with Crippen LogP contribution in [0.15, 0.2) is 59.6 Å². The van der Waals surface area contributed by atoms with E-state index in [1.807, 2.05) is 24.4 Å². The van der Waals surface area contributed by atoms with Crippen LogP contribution < -0.4 is 10.6 Å². The second-order valence-corrected chi connectivity index (χ2v) is 7.96. The summed E-state index contributed by atoms with van der Waals surface area (Å²) in [5.74, 6) is 0. The van der Waals surface area contributed by atoms with E-state index in [1.165, 1.54) is 5.56 Å². The summed E-state index contributed by atoms with van der Waals surface area (Å²) in [5, 5.41) is 17.8. The number of benzene rings is 2. The van der Waals surface area contributed by atoms with Gasteiger partial charge in [0.05, 0.1) is 23.4 Å². The van der Waals surface area contributed by atoms with E-state index >= 15 is 0 Å². The largest absolute Gasteiger partial charge is 0.331 e. The molecule has 0 bridgehead atoms. The Morgan fingerprint density at radius 2 is 1.83 bits per heavy atom. The van der Waals surface area contributed by atoms with Crippen LogP contribution in [-0.4, -0.2) is 17.1 Å². The highest BCUT2D eigenvalue weighted by atomic mass is 32.1. The number of amides is 2. The lowest BCUT2D eigenvalue weighted by Crippen LogP contribution is -2.48. The first-order chi connectivity index (χ1) is 14.0. The van der Waals surface area contributed by atoms with Crippen molar-refractivity contribution in [1.29, 1.82) is 5.26 Å². The molecule has 1 aliphatic rings. The Labute approximate surface area is 173 Å². The van der Waals surface area contributed by atoms with Crippen LogP contribution in [0, 0.1) is 18.3 Å². The van der Waals surface area contributed by atoms with Gasteiger partial charge in [0.2, 0.25) is 0 Å². The van der Waals surface area contributed by atoms with Gasteiger partial charge in [-0.15, -0.1) is 11.3 Å². The zero-order valence-corrected chi connectivity index (χ0v) is 17.0. The van der Waals surface area contributed by atoms with Gasteiger partial charge in [-0.2, -0.15) is 5.26 Å². The third kappa shape index (κ3) is 4.05. The van der Waals surface area contributed by atoms with E-state index in [-0.39, 0.29) is 12.1 Å². The van der Waals surface area contributed by atoms with Crippen molar-refractivity contribution in [1.82, 2.24) is 15.6 Å². The molecule has 2 N–H and O–H groups in total. The Hall–Kier alpha value is -3.43. The maximum absolute atomic E-state index is 12.1. The normalized spacial score (nSPS) is 16.2. The van der Waals surface area contributed by atoms with Crippen molar-refractivity contribution in [3.05, 3.63) is 81.3 Å². The molecule has 0 saturated carbocycles. The zero-order valence-electron chi connectivity index (χ0n) is 16.2. The maximum Gasteiger partial charge on any atom is 0.319 e. The molecule has 2 aromatic carbocycles. The monoisotopic (exact) mass is 400 g/mol. The number of carbonyl (C=O) groups excluding carboxylic acids is 1. The molecule has 2 heterocycles. The summed E-state index contributed by atoms with van der Waals surface area (Å²) in [6, 6.07) is 17.6. The second-order valence-electron chi connectivity index (χ2n) is 7.11. The van der Waals surface area contributed by atoms with Crippen molar-refractivity contribution in [3.63, 3.8) is 0 Å². The molecule has 1 atom stereocenters. The summed E-state index contributed by atoms with van der Waals surface area (Å²) in [6.07, 6.45) is 0.701. The van der Waals surface area contributed by atoms with Crippen LogP contribution in [0.3, 0.4) is 0 Å². The third-order valence-corrected chi connectivity index (χ3v) is 5.84. The fourth-order valence-electron chi connectivity index (χ4n) is 3.43. The van der Waals surface area contributed by atoms with Crippen LogP contribution in [0.2, 0.25) is 0 Å². The van der Waals surface area contributed by atoms with E-state index < -0.39 is 0 Å². The van der Waals surface area contributed by atoms with E-state index in [9.17, 15) is 4.79 Å². The average Bonchev–Trinajstić information content (AvgIpc) is 3.19. The predicted molar refractivity (Wildman–Crippen MR) is 115 cm³/mol. The second kappa shape index (κ2) is 7.90. The molecule has 5 nitrogen and oxygen atoms in total. The minimum atomic E-state index is -0.188. The van der Waals surface area contributed by atoms with Gasteiger partial charge >= 0.3 is 6.03 Å². The van der Waals surface area contributed by atoms with Gasteiger partial charge in [0, 0.05) is 22.2 Å². The number of thiazole rings is 1. The Balaban J connectivity index is 1.66. The van der Waals surface area contributed by atoms with Crippen molar-refractivity contribution >= 4 is 22.9 Å². The standard InChI is InChI=1S/C23H20N4OS/c1-14-3-5-16(6-4-14)11-19-21(15(2)25-23(28)27-19)22-26-20(13-29-22)18-9-7-17(12-24)8-10-18/h3-10,13,19H,11H2,1-2H3,(H2,25,27,28). The first kappa shape index (κ1) is 18.9. The minimum absolute atomic E-state index is 0.147. The summed E-state index contributed by atoms with van der Waals surface area (Å²) >= 11 is 1.56. The molecule has 3 aromatic rings. The SMILES string of the molecule is CC1=C(c2nc(-c3ccc(C#N)cc3)cs2)C(Cc2ccc(C)cc2)NC(=O)N1. The summed E-state index contributed by atoms with van der Waals surface area (Å²) < 4.78 is 0. The fraction of sp³-hybridized carbons (Fsp3) is 0.174. The molecule has 0 saturated heterocycles. The Bertz CT molecular complexity index is 1120. The van der Waals surface area contributed by atoms with E-state index in [0.29, 0.717) is 12.0 Å². The topological polar surface area (TPSA) is 77.8 Å². The number of nitrogens with one attached hydrogen (secondary N) is 2. The molecular formula is C23H20N4OS. The summed E-state index contributed by atoms with van der Waals surface area (Å²) in [4.78, 5) is 16.9. The maximum atomic E-state index is 12.1. The predicted octanol–water partition coefficient (Wildman–Crippen LogP) is 4.65. The number of nitrogens with zero attached hydrogens (tertiary/aromatic N) is 2. The van der Waals surface area contributed by atoms with Crippen molar-refractivity contribution in [2.45, 2.75) is 26.3 Å². The molecule has 0 aliphatic carbocycles.